The molecule has 8 heteroatoms. The van der Waals surface area contributed by atoms with Crippen LogP contribution in [0.3, 0.4) is 0 Å². The molecule has 1 aromatic heterocycles. The maximum atomic E-state index is 14.1. The van der Waals surface area contributed by atoms with E-state index in [9.17, 15) is 14.0 Å². The van der Waals surface area contributed by atoms with Gasteiger partial charge in [0, 0.05) is 12.6 Å². The van der Waals surface area contributed by atoms with Gasteiger partial charge in [0.25, 0.3) is 5.91 Å². The average Bonchev–Trinajstić information content (AvgIpc) is 2.53. The molecule has 2 heterocycles. The number of carbonyl (C=O) groups is 2. The van der Waals surface area contributed by atoms with Crippen LogP contribution in [0.5, 0.6) is 5.75 Å². The fraction of sp³-hybridized carbons (Fsp3) is 0.533. The standard InChI is InChI=1S/C15H18FN3O4/c16-10-5-8(15(21)22)1-3-11(10)17-6-9-2-4-12-14(18-9)19-13(20)7-23-12/h2,4,8,10-11,17H,1,3,5-7H2,(H,21,22)(H,18,19,20)/t8-,10+,11-/m1/s1. The number of hydrogen-bond donors (Lipinski definition) is 3. The summed E-state index contributed by atoms with van der Waals surface area (Å²) < 4.78 is 19.3. The summed E-state index contributed by atoms with van der Waals surface area (Å²) in [5.41, 5.74) is 0.655. The number of carboxylic acid groups (broad SMARTS) is 1. The minimum Gasteiger partial charge on any atom is -0.481 e. The van der Waals surface area contributed by atoms with Crippen molar-refractivity contribution in [2.45, 2.75) is 38.0 Å². The first-order chi connectivity index (χ1) is 11.0. The van der Waals surface area contributed by atoms with Crippen molar-refractivity contribution in [3.05, 3.63) is 17.8 Å². The zero-order valence-corrected chi connectivity index (χ0v) is 12.4. The van der Waals surface area contributed by atoms with E-state index in [4.69, 9.17) is 9.84 Å². The van der Waals surface area contributed by atoms with Gasteiger partial charge in [0.15, 0.2) is 18.2 Å². The summed E-state index contributed by atoms with van der Waals surface area (Å²) in [6, 6.07) is 3.08. The molecule has 0 aromatic carbocycles. The van der Waals surface area contributed by atoms with E-state index in [0.29, 0.717) is 36.6 Å². The molecule has 1 aliphatic carbocycles. The van der Waals surface area contributed by atoms with E-state index >= 15 is 0 Å². The van der Waals surface area contributed by atoms with Gasteiger partial charge in [-0.25, -0.2) is 9.37 Å². The van der Waals surface area contributed by atoms with Crippen LogP contribution in [0.2, 0.25) is 0 Å². The van der Waals surface area contributed by atoms with Crippen molar-refractivity contribution < 1.29 is 23.8 Å². The molecule has 1 fully saturated rings. The highest BCUT2D eigenvalue weighted by atomic mass is 19.1. The Morgan fingerprint density at radius 3 is 3.04 bits per heavy atom. The quantitative estimate of drug-likeness (QED) is 0.767. The maximum Gasteiger partial charge on any atom is 0.306 e. The normalized spacial score (nSPS) is 26.8. The van der Waals surface area contributed by atoms with Crippen LogP contribution < -0.4 is 15.4 Å². The van der Waals surface area contributed by atoms with Crippen molar-refractivity contribution in [3.8, 4) is 5.75 Å². The van der Waals surface area contributed by atoms with Gasteiger partial charge in [-0.3, -0.25) is 9.59 Å². The summed E-state index contributed by atoms with van der Waals surface area (Å²) in [4.78, 5) is 26.5. The predicted octanol–water partition coefficient (Wildman–Crippen LogP) is 1.09. The van der Waals surface area contributed by atoms with Crippen LogP contribution in [0.15, 0.2) is 12.1 Å². The van der Waals surface area contributed by atoms with Gasteiger partial charge in [0.1, 0.15) is 6.17 Å². The fourth-order valence-corrected chi connectivity index (χ4v) is 2.91. The number of hydrogen-bond acceptors (Lipinski definition) is 5. The van der Waals surface area contributed by atoms with Crippen LogP contribution in [-0.2, 0) is 16.1 Å². The van der Waals surface area contributed by atoms with Crippen LogP contribution >= 0.6 is 0 Å². The summed E-state index contributed by atoms with van der Waals surface area (Å²) in [6.07, 6.45) is -0.211. The third-order valence-electron chi connectivity index (χ3n) is 4.20. The molecule has 0 unspecified atom stereocenters. The van der Waals surface area contributed by atoms with Gasteiger partial charge >= 0.3 is 5.97 Å². The first kappa shape index (κ1) is 15.7. The number of fused-ring (bicyclic) bond motifs is 1. The monoisotopic (exact) mass is 323 g/mol. The smallest absolute Gasteiger partial charge is 0.306 e. The number of alkyl halides is 1. The number of nitrogens with zero attached hydrogens (tertiary/aromatic N) is 1. The molecule has 0 saturated heterocycles. The minimum atomic E-state index is -1.19. The van der Waals surface area contributed by atoms with Crippen molar-refractivity contribution in [2.75, 3.05) is 11.9 Å². The van der Waals surface area contributed by atoms with E-state index in [2.05, 4.69) is 15.6 Å². The van der Waals surface area contributed by atoms with Gasteiger partial charge in [-0.15, -0.1) is 0 Å². The zero-order valence-electron chi connectivity index (χ0n) is 12.4. The van der Waals surface area contributed by atoms with Gasteiger partial charge in [-0.2, -0.15) is 0 Å². The van der Waals surface area contributed by atoms with Gasteiger partial charge < -0.3 is 20.5 Å². The van der Waals surface area contributed by atoms with E-state index in [1.54, 1.807) is 12.1 Å². The van der Waals surface area contributed by atoms with Crippen molar-refractivity contribution in [2.24, 2.45) is 5.92 Å². The number of pyridine rings is 1. The summed E-state index contributed by atoms with van der Waals surface area (Å²) in [6.45, 7) is 0.314. The average molecular weight is 323 g/mol. The summed E-state index contributed by atoms with van der Waals surface area (Å²) in [5.74, 6) is -0.910. The molecule has 0 bridgehead atoms. The topological polar surface area (TPSA) is 101 Å². The number of aliphatic carboxylic acids is 1. The van der Waals surface area contributed by atoms with E-state index in [1.807, 2.05) is 0 Å². The van der Waals surface area contributed by atoms with Gasteiger partial charge in [-0.05, 0) is 31.4 Å². The van der Waals surface area contributed by atoms with Crippen molar-refractivity contribution >= 4 is 17.7 Å². The Hall–Kier alpha value is -2.22. The van der Waals surface area contributed by atoms with Gasteiger partial charge in [0.2, 0.25) is 0 Å². The van der Waals surface area contributed by atoms with Crippen molar-refractivity contribution in [1.29, 1.82) is 0 Å². The minimum absolute atomic E-state index is 0.0252. The Morgan fingerprint density at radius 2 is 2.30 bits per heavy atom. The van der Waals surface area contributed by atoms with Crippen LogP contribution in [0.1, 0.15) is 25.0 Å². The highest BCUT2D eigenvalue weighted by Gasteiger charge is 2.33. The molecule has 1 amide bonds. The van der Waals surface area contributed by atoms with Crippen LogP contribution in [-0.4, -0.2) is 40.8 Å². The summed E-state index contributed by atoms with van der Waals surface area (Å²) in [7, 11) is 0. The number of rotatable bonds is 4. The molecule has 3 N–H and O–H groups in total. The number of ether oxygens (including phenoxy) is 1. The summed E-state index contributed by atoms with van der Waals surface area (Å²) >= 11 is 0. The second kappa shape index (κ2) is 6.49. The third kappa shape index (κ3) is 3.58. The molecule has 7 nitrogen and oxygen atoms in total. The number of anilines is 1. The number of nitrogens with one attached hydrogen (secondary N) is 2. The largest absolute Gasteiger partial charge is 0.481 e. The third-order valence-corrected chi connectivity index (χ3v) is 4.20. The molecule has 23 heavy (non-hydrogen) atoms. The Labute approximate surface area is 132 Å². The molecule has 1 aliphatic heterocycles. The van der Waals surface area contributed by atoms with Crippen LogP contribution in [0, 0.1) is 5.92 Å². The molecular formula is C15H18FN3O4. The molecular weight excluding hydrogens is 305 g/mol. The lowest BCUT2D eigenvalue weighted by Crippen LogP contribution is -2.43. The maximum absolute atomic E-state index is 14.1. The number of carboxylic acids is 1. The molecule has 2 aliphatic rings. The number of carbonyl (C=O) groups excluding carboxylic acids is 1. The second-order valence-corrected chi connectivity index (χ2v) is 5.84. The highest BCUT2D eigenvalue weighted by Crippen LogP contribution is 2.28. The molecule has 3 rings (SSSR count). The molecule has 0 radical (unpaired) electrons. The highest BCUT2D eigenvalue weighted by molar-refractivity contribution is 5.94. The first-order valence-electron chi connectivity index (χ1n) is 7.56. The molecule has 3 atom stereocenters. The molecule has 0 spiro atoms. The Morgan fingerprint density at radius 1 is 1.48 bits per heavy atom. The second-order valence-electron chi connectivity index (χ2n) is 5.84. The SMILES string of the molecule is O=C1COc2ccc(CN[C@@H]3CC[C@@H](C(=O)O)C[C@@H]3F)nc2N1. The van der Waals surface area contributed by atoms with E-state index < -0.39 is 18.1 Å². The lowest BCUT2D eigenvalue weighted by molar-refractivity contribution is -0.143. The van der Waals surface area contributed by atoms with Gasteiger partial charge in [0.05, 0.1) is 11.6 Å². The van der Waals surface area contributed by atoms with E-state index in [0.717, 1.165) is 0 Å². The number of aromatic nitrogens is 1. The first-order valence-corrected chi connectivity index (χ1v) is 7.56. The van der Waals surface area contributed by atoms with E-state index in [-0.39, 0.29) is 25.0 Å². The summed E-state index contributed by atoms with van der Waals surface area (Å²) in [5, 5.41) is 14.6. The Kier molecular flexibility index (Phi) is 4.42. The fourth-order valence-electron chi connectivity index (χ4n) is 2.91. The molecule has 1 saturated carbocycles. The molecule has 124 valence electrons. The van der Waals surface area contributed by atoms with Crippen molar-refractivity contribution in [1.82, 2.24) is 10.3 Å². The Balaban J connectivity index is 1.58. The van der Waals surface area contributed by atoms with Crippen molar-refractivity contribution in [3.63, 3.8) is 0 Å². The lowest BCUT2D eigenvalue weighted by Gasteiger charge is -2.30. The van der Waals surface area contributed by atoms with Crippen LogP contribution in [0.25, 0.3) is 0 Å². The number of amides is 1. The van der Waals surface area contributed by atoms with Gasteiger partial charge in [-0.1, -0.05) is 0 Å². The zero-order chi connectivity index (χ0) is 16.4. The van der Waals surface area contributed by atoms with E-state index in [1.165, 1.54) is 0 Å². The van der Waals surface area contributed by atoms with Crippen LogP contribution in [0.4, 0.5) is 10.2 Å². The molecule has 1 aromatic rings. The lowest BCUT2D eigenvalue weighted by atomic mass is 9.84. The predicted molar refractivity (Wildman–Crippen MR) is 78.9 cm³/mol. The number of halogens is 1. The Bertz CT molecular complexity index is 625.